The Kier molecular flexibility index (Phi) is 4.85. The Balaban J connectivity index is 2.18. The van der Waals surface area contributed by atoms with E-state index in [2.05, 4.69) is 10.0 Å². The van der Waals surface area contributed by atoms with Crippen LogP contribution in [0.3, 0.4) is 0 Å². The van der Waals surface area contributed by atoms with E-state index in [9.17, 15) is 8.42 Å². The van der Waals surface area contributed by atoms with Crippen LogP contribution in [0.5, 0.6) is 11.5 Å². The molecule has 0 aromatic heterocycles. The number of hydrogen-bond acceptors (Lipinski definition) is 5. The first kappa shape index (κ1) is 15.1. The highest BCUT2D eigenvalue weighted by Crippen LogP contribution is 2.28. The van der Waals surface area contributed by atoms with Gasteiger partial charge < -0.3 is 14.8 Å². The van der Waals surface area contributed by atoms with Gasteiger partial charge in [0.05, 0.1) is 14.2 Å². The van der Waals surface area contributed by atoms with Crippen molar-refractivity contribution in [3.8, 4) is 11.5 Å². The monoisotopic (exact) mass is 300 g/mol. The summed E-state index contributed by atoms with van der Waals surface area (Å²) in [6.07, 6.45) is 2.06. The van der Waals surface area contributed by atoms with Gasteiger partial charge in [-0.1, -0.05) is 0 Å². The minimum atomic E-state index is -3.62. The van der Waals surface area contributed by atoms with Crippen LogP contribution in [-0.4, -0.2) is 41.8 Å². The minimum Gasteiger partial charge on any atom is -0.497 e. The molecule has 1 fully saturated rings. The number of methoxy groups -OCH3 is 2. The fraction of sp³-hybridized carbons (Fsp3) is 0.538. The highest BCUT2D eigenvalue weighted by molar-refractivity contribution is 7.89. The highest BCUT2D eigenvalue weighted by Gasteiger charge is 2.23. The summed E-state index contributed by atoms with van der Waals surface area (Å²) in [7, 11) is -0.680. The normalized spacial score (nSPS) is 19.0. The van der Waals surface area contributed by atoms with Gasteiger partial charge in [-0.3, -0.25) is 0 Å². The van der Waals surface area contributed by atoms with Gasteiger partial charge in [0, 0.05) is 18.7 Å². The fourth-order valence-corrected chi connectivity index (χ4v) is 3.48. The maximum absolute atomic E-state index is 12.4. The minimum absolute atomic E-state index is 0.0948. The molecular formula is C13H20N2O4S. The van der Waals surface area contributed by atoms with Crippen molar-refractivity contribution >= 4 is 10.0 Å². The van der Waals surface area contributed by atoms with Crippen molar-refractivity contribution in [1.29, 1.82) is 0 Å². The van der Waals surface area contributed by atoms with Gasteiger partial charge in [0.1, 0.15) is 16.4 Å². The van der Waals surface area contributed by atoms with E-state index in [4.69, 9.17) is 9.47 Å². The van der Waals surface area contributed by atoms with Crippen LogP contribution in [0, 0.1) is 0 Å². The van der Waals surface area contributed by atoms with Gasteiger partial charge in [-0.05, 0) is 31.5 Å². The molecule has 0 aliphatic carbocycles. The molecule has 112 valence electrons. The zero-order chi connectivity index (χ0) is 14.6. The van der Waals surface area contributed by atoms with Crippen LogP contribution in [0.2, 0.25) is 0 Å². The molecule has 6 nitrogen and oxygen atoms in total. The molecule has 1 aromatic carbocycles. The predicted molar refractivity (Wildman–Crippen MR) is 75.8 cm³/mol. The molecule has 1 aliphatic heterocycles. The lowest BCUT2D eigenvalue weighted by Crippen LogP contribution is -2.37. The van der Waals surface area contributed by atoms with Crippen molar-refractivity contribution in [2.24, 2.45) is 0 Å². The molecule has 1 atom stereocenters. The third-order valence-electron chi connectivity index (χ3n) is 3.34. The van der Waals surface area contributed by atoms with E-state index >= 15 is 0 Å². The van der Waals surface area contributed by atoms with Crippen LogP contribution in [0.15, 0.2) is 23.1 Å². The quantitative estimate of drug-likeness (QED) is 0.810. The first-order valence-electron chi connectivity index (χ1n) is 6.52. The fourth-order valence-electron chi connectivity index (χ4n) is 2.21. The van der Waals surface area contributed by atoms with Crippen molar-refractivity contribution in [2.75, 3.05) is 27.3 Å². The standard InChI is InChI=1S/C13H20N2O4S/c1-18-11-5-6-12(19-2)13(8-11)20(16,17)15-9-10-4-3-7-14-10/h5-6,8,10,14-15H,3-4,7,9H2,1-2H3. The summed E-state index contributed by atoms with van der Waals surface area (Å²) < 4.78 is 37.5. The molecule has 7 heteroatoms. The smallest absolute Gasteiger partial charge is 0.244 e. The predicted octanol–water partition coefficient (Wildman–Crippen LogP) is 0.734. The molecule has 1 aliphatic rings. The number of ether oxygens (including phenoxy) is 2. The molecule has 20 heavy (non-hydrogen) atoms. The molecule has 0 saturated carbocycles. The average molecular weight is 300 g/mol. The van der Waals surface area contributed by atoms with Gasteiger partial charge in [0.15, 0.2) is 0 Å². The van der Waals surface area contributed by atoms with E-state index in [1.165, 1.54) is 20.3 Å². The Morgan fingerprint density at radius 3 is 2.75 bits per heavy atom. The summed E-state index contributed by atoms with van der Waals surface area (Å²) in [4.78, 5) is 0.0948. The lowest BCUT2D eigenvalue weighted by molar-refractivity contribution is 0.391. The van der Waals surface area contributed by atoms with E-state index in [-0.39, 0.29) is 10.9 Å². The molecular weight excluding hydrogens is 280 g/mol. The molecule has 0 bridgehead atoms. The molecule has 0 spiro atoms. The van der Waals surface area contributed by atoms with Gasteiger partial charge in [0.2, 0.25) is 10.0 Å². The zero-order valence-corrected chi connectivity index (χ0v) is 12.5. The lowest BCUT2D eigenvalue weighted by atomic mass is 10.2. The van der Waals surface area contributed by atoms with Crippen molar-refractivity contribution < 1.29 is 17.9 Å². The molecule has 1 saturated heterocycles. The third-order valence-corrected chi connectivity index (χ3v) is 4.79. The van der Waals surface area contributed by atoms with Gasteiger partial charge >= 0.3 is 0 Å². The van der Waals surface area contributed by atoms with Gasteiger partial charge in [0.25, 0.3) is 0 Å². The summed E-state index contributed by atoms with van der Waals surface area (Å²) in [5, 5.41) is 3.25. The molecule has 1 unspecified atom stereocenters. The van der Waals surface area contributed by atoms with E-state index in [0.29, 0.717) is 18.0 Å². The van der Waals surface area contributed by atoms with Crippen LogP contribution >= 0.6 is 0 Å². The lowest BCUT2D eigenvalue weighted by Gasteiger charge is -2.14. The van der Waals surface area contributed by atoms with Crippen LogP contribution in [-0.2, 0) is 10.0 Å². The molecule has 1 heterocycles. The Bertz CT molecular complexity index is 553. The molecule has 0 amide bonds. The number of rotatable bonds is 6. The van der Waals surface area contributed by atoms with E-state index < -0.39 is 10.0 Å². The van der Waals surface area contributed by atoms with Gasteiger partial charge in [-0.15, -0.1) is 0 Å². The Hall–Kier alpha value is -1.31. The first-order valence-corrected chi connectivity index (χ1v) is 8.00. The van der Waals surface area contributed by atoms with E-state index in [1.54, 1.807) is 12.1 Å². The van der Waals surface area contributed by atoms with Crippen LogP contribution in [0.1, 0.15) is 12.8 Å². The van der Waals surface area contributed by atoms with E-state index in [1.807, 2.05) is 0 Å². The summed E-state index contributed by atoms with van der Waals surface area (Å²) >= 11 is 0. The Morgan fingerprint density at radius 1 is 1.35 bits per heavy atom. The van der Waals surface area contributed by atoms with Gasteiger partial charge in [-0.25, -0.2) is 13.1 Å². The second kappa shape index (κ2) is 6.43. The zero-order valence-electron chi connectivity index (χ0n) is 11.7. The molecule has 2 rings (SSSR count). The summed E-state index contributed by atoms with van der Waals surface area (Å²) in [6.45, 7) is 1.32. The summed E-state index contributed by atoms with van der Waals surface area (Å²) in [5.41, 5.74) is 0. The highest BCUT2D eigenvalue weighted by atomic mass is 32.2. The van der Waals surface area contributed by atoms with Crippen LogP contribution in [0.4, 0.5) is 0 Å². The van der Waals surface area contributed by atoms with Crippen LogP contribution in [0.25, 0.3) is 0 Å². The second-order valence-corrected chi connectivity index (χ2v) is 6.40. The molecule has 2 N–H and O–H groups in total. The summed E-state index contributed by atoms with van der Waals surface area (Å²) in [5.74, 6) is 0.780. The number of sulfonamides is 1. The Morgan fingerprint density at radius 2 is 2.15 bits per heavy atom. The van der Waals surface area contributed by atoms with E-state index in [0.717, 1.165) is 19.4 Å². The van der Waals surface area contributed by atoms with Crippen molar-refractivity contribution in [2.45, 2.75) is 23.8 Å². The largest absolute Gasteiger partial charge is 0.497 e. The molecule has 0 radical (unpaired) electrons. The number of benzene rings is 1. The van der Waals surface area contributed by atoms with Crippen molar-refractivity contribution in [3.05, 3.63) is 18.2 Å². The average Bonchev–Trinajstić information content (AvgIpc) is 2.98. The van der Waals surface area contributed by atoms with Crippen molar-refractivity contribution in [1.82, 2.24) is 10.0 Å². The maximum atomic E-state index is 12.4. The SMILES string of the molecule is COc1ccc(OC)c(S(=O)(=O)NCC2CCCN2)c1. The van der Waals surface area contributed by atoms with Crippen molar-refractivity contribution in [3.63, 3.8) is 0 Å². The van der Waals surface area contributed by atoms with Crippen LogP contribution < -0.4 is 19.5 Å². The number of nitrogens with one attached hydrogen (secondary N) is 2. The first-order chi connectivity index (χ1) is 9.56. The molecule has 1 aromatic rings. The maximum Gasteiger partial charge on any atom is 0.244 e. The van der Waals surface area contributed by atoms with Gasteiger partial charge in [-0.2, -0.15) is 0 Å². The third kappa shape index (κ3) is 3.41. The number of hydrogen-bond donors (Lipinski definition) is 2. The summed E-state index contributed by atoms with van der Waals surface area (Å²) in [6, 6.07) is 4.90. The Labute approximate surface area is 119 Å². The topological polar surface area (TPSA) is 76.7 Å². The second-order valence-electron chi connectivity index (χ2n) is 4.66.